The van der Waals surface area contributed by atoms with Gasteiger partial charge in [-0.1, -0.05) is 18.2 Å². The van der Waals surface area contributed by atoms with E-state index in [0.29, 0.717) is 11.4 Å². The number of aromatic amines is 1. The number of hydrogen-bond donors (Lipinski definition) is 3. The second-order valence-corrected chi connectivity index (χ2v) is 6.35. The minimum atomic E-state index is -0.192. The van der Waals surface area contributed by atoms with E-state index in [-0.39, 0.29) is 30.9 Å². The lowest BCUT2D eigenvalue weighted by Gasteiger charge is -2.21. The fourth-order valence-corrected chi connectivity index (χ4v) is 3.03. The molecule has 0 saturated heterocycles. The van der Waals surface area contributed by atoms with Gasteiger partial charge in [0.05, 0.1) is 29.9 Å². The number of benzene rings is 2. The Labute approximate surface area is 149 Å². The van der Waals surface area contributed by atoms with Gasteiger partial charge < -0.3 is 15.4 Å². The zero-order chi connectivity index (χ0) is 18.1. The fourth-order valence-electron chi connectivity index (χ4n) is 3.03. The van der Waals surface area contributed by atoms with Crippen molar-refractivity contribution in [1.29, 1.82) is 0 Å². The predicted octanol–water partition coefficient (Wildman–Crippen LogP) is 2.31. The molecule has 0 radical (unpaired) electrons. The Morgan fingerprint density at radius 2 is 2.19 bits per heavy atom. The summed E-state index contributed by atoms with van der Waals surface area (Å²) in [6.07, 6.45) is 2.03. The Kier molecular flexibility index (Phi) is 4.04. The molecule has 1 unspecified atom stereocenters. The first-order valence-corrected chi connectivity index (χ1v) is 8.36. The van der Waals surface area contributed by atoms with Crippen LogP contribution in [0.15, 0.2) is 42.6 Å². The monoisotopic (exact) mass is 350 g/mol. The van der Waals surface area contributed by atoms with Crippen LogP contribution in [0.4, 0.5) is 5.69 Å². The Bertz CT molecular complexity index is 995. The van der Waals surface area contributed by atoms with Gasteiger partial charge in [0, 0.05) is 5.39 Å². The number of ether oxygens (including phenoxy) is 1. The van der Waals surface area contributed by atoms with E-state index in [1.54, 1.807) is 12.3 Å². The van der Waals surface area contributed by atoms with Gasteiger partial charge in [-0.05, 0) is 36.2 Å². The predicted molar refractivity (Wildman–Crippen MR) is 96.9 cm³/mol. The van der Waals surface area contributed by atoms with E-state index in [9.17, 15) is 9.59 Å². The number of nitrogens with one attached hydrogen (secondary N) is 3. The molecular weight excluding hydrogens is 332 g/mol. The molecule has 3 N–H and O–H groups in total. The van der Waals surface area contributed by atoms with E-state index in [0.717, 1.165) is 22.0 Å². The molecule has 3 aromatic rings. The van der Waals surface area contributed by atoms with E-state index >= 15 is 0 Å². The molecule has 1 aliphatic rings. The Balaban J connectivity index is 1.43. The minimum absolute atomic E-state index is 0.0271. The topological polar surface area (TPSA) is 96.1 Å². The second kappa shape index (κ2) is 6.51. The SMILES string of the molecule is CC(NC(=O)Cc1ccc2cn[nH]c2c1)c1ccc2c(c1)NC(=O)CO2. The maximum absolute atomic E-state index is 12.4. The summed E-state index contributed by atoms with van der Waals surface area (Å²) in [4.78, 5) is 23.8. The minimum Gasteiger partial charge on any atom is -0.482 e. The largest absolute Gasteiger partial charge is 0.482 e. The number of amides is 2. The number of rotatable bonds is 4. The van der Waals surface area contributed by atoms with E-state index in [2.05, 4.69) is 20.8 Å². The Morgan fingerprint density at radius 1 is 1.31 bits per heavy atom. The molecule has 0 bridgehead atoms. The van der Waals surface area contributed by atoms with Crippen LogP contribution in [0.2, 0.25) is 0 Å². The van der Waals surface area contributed by atoms with Crippen LogP contribution in [0.5, 0.6) is 5.75 Å². The molecule has 7 heteroatoms. The van der Waals surface area contributed by atoms with Crippen molar-refractivity contribution < 1.29 is 14.3 Å². The molecule has 0 saturated carbocycles. The summed E-state index contributed by atoms with van der Waals surface area (Å²) < 4.78 is 5.35. The van der Waals surface area contributed by atoms with Crippen molar-refractivity contribution in [2.45, 2.75) is 19.4 Å². The third kappa shape index (κ3) is 3.23. The van der Waals surface area contributed by atoms with Crippen LogP contribution in [0.1, 0.15) is 24.1 Å². The third-order valence-electron chi connectivity index (χ3n) is 4.38. The third-order valence-corrected chi connectivity index (χ3v) is 4.38. The summed E-state index contributed by atoms with van der Waals surface area (Å²) in [7, 11) is 0. The Hall–Kier alpha value is -3.35. The first-order valence-electron chi connectivity index (χ1n) is 8.36. The summed E-state index contributed by atoms with van der Waals surface area (Å²) in [6.45, 7) is 1.93. The number of hydrogen-bond acceptors (Lipinski definition) is 4. The number of anilines is 1. The normalized spacial score (nSPS) is 14.3. The summed E-state index contributed by atoms with van der Waals surface area (Å²) in [5.74, 6) is 0.384. The van der Waals surface area contributed by atoms with Gasteiger partial charge >= 0.3 is 0 Å². The van der Waals surface area contributed by atoms with E-state index in [1.807, 2.05) is 37.3 Å². The van der Waals surface area contributed by atoms with E-state index < -0.39 is 0 Å². The van der Waals surface area contributed by atoms with Gasteiger partial charge in [-0.25, -0.2) is 0 Å². The maximum Gasteiger partial charge on any atom is 0.262 e. The molecule has 2 heterocycles. The van der Waals surface area contributed by atoms with Gasteiger partial charge in [0.15, 0.2) is 6.61 Å². The summed E-state index contributed by atoms with van der Waals surface area (Å²) >= 11 is 0. The molecule has 4 rings (SSSR count). The average molecular weight is 350 g/mol. The highest BCUT2D eigenvalue weighted by atomic mass is 16.5. The van der Waals surface area contributed by atoms with E-state index in [4.69, 9.17) is 4.74 Å². The lowest BCUT2D eigenvalue weighted by molar-refractivity contribution is -0.121. The first kappa shape index (κ1) is 16.1. The average Bonchev–Trinajstić information content (AvgIpc) is 3.08. The maximum atomic E-state index is 12.4. The zero-order valence-corrected chi connectivity index (χ0v) is 14.2. The smallest absolute Gasteiger partial charge is 0.262 e. The number of H-pyrrole nitrogens is 1. The van der Waals surface area contributed by atoms with Crippen LogP contribution >= 0.6 is 0 Å². The van der Waals surface area contributed by atoms with Crippen molar-refractivity contribution in [3.63, 3.8) is 0 Å². The molecule has 2 amide bonds. The molecule has 2 aromatic carbocycles. The number of aromatic nitrogens is 2. The fraction of sp³-hybridized carbons (Fsp3) is 0.211. The summed E-state index contributed by atoms with van der Waals surface area (Å²) in [5.41, 5.74) is 3.35. The van der Waals surface area contributed by atoms with Gasteiger partial charge in [-0.15, -0.1) is 0 Å². The number of carbonyl (C=O) groups is 2. The van der Waals surface area contributed by atoms with Crippen LogP contribution in [0.25, 0.3) is 10.9 Å². The van der Waals surface area contributed by atoms with Crippen LogP contribution in [-0.2, 0) is 16.0 Å². The van der Waals surface area contributed by atoms with Crippen LogP contribution in [0.3, 0.4) is 0 Å². The molecule has 0 spiro atoms. The first-order chi connectivity index (χ1) is 12.6. The lowest BCUT2D eigenvalue weighted by Crippen LogP contribution is -2.29. The van der Waals surface area contributed by atoms with Crippen molar-refractivity contribution in [2.24, 2.45) is 0 Å². The lowest BCUT2D eigenvalue weighted by atomic mass is 10.1. The molecule has 1 aromatic heterocycles. The molecule has 1 atom stereocenters. The van der Waals surface area contributed by atoms with Crippen molar-refractivity contribution in [3.8, 4) is 5.75 Å². The zero-order valence-electron chi connectivity index (χ0n) is 14.2. The quantitative estimate of drug-likeness (QED) is 0.673. The highest BCUT2D eigenvalue weighted by Gasteiger charge is 2.18. The Morgan fingerprint density at radius 3 is 3.08 bits per heavy atom. The molecule has 1 aliphatic heterocycles. The van der Waals surface area contributed by atoms with E-state index in [1.165, 1.54) is 0 Å². The summed E-state index contributed by atoms with van der Waals surface area (Å²) in [6, 6.07) is 11.1. The number of nitrogens with zero attached hydrogens (tertiary/aromatic N) is 1. The number of fused-ring (bicyclic) bond motifs is 2. The summed E-state index contributed by atoms with van der Waals surface area (Å²) in [5, 5.41) is 13.7. The van der Waals surface area contributed by atoms with Gasteiger partial charge in [0.25, 0.3) is 5.91 Å². The molecule has 7 nitrogen and oxygen atoms in total. The molecule has 26 heavy (non-hydrogen) atoms. The van der Waals surface area contributed by atoms with Crippen LogP contribution < -0.4 is 15.4 Å². The van der Waals surface area contributed by atoms with Crippen molar-refractivity contribution in [1.82, 2.24) is 15.5 Å². The second-order valence-electron chi connectivity index (χ2n) is 6.35. The highest BCUT2D eigenvalue weighted by molar-refractivity contribution is 5.95. The van der Waals surface area contributed by atoms with Crippen LogP contribution in [0, 0.1) is 0 Å². The van der Waals surface area contributed by atoms with Crippen molar-refractivity contribution in [3.05, 3.63) is 53.7 Å². The van der Waals surface area contributed by atoms with Gasteiger partial charge in [0.1, 0.15) is 5.75 Å². The van der Waals surface area contributed by atoms with Gasteiger partial charge in [0.2, 0.25) is 5.91 Å². The van der Waals surface area contributed by atoms with Gasteiger partial charge in [-0.3, -0.25) is 14.7 Å². The highest BCUT2D eigenvalue weighted by Crippen LogP contribution is 2.30. The van der Waals surface area contributed by atoms with Crippen LogP contribution in [-0.4, -0.2) is 28.6 Å². The molecule has 0 fully saturated rings. The van der Waals surface area contributed by atoms with Crippen molar-refractivity contribution in [2.75, 3.05) is 11.9 Å². The van der Waals surface area contributed by atoms with Gasteiger partial charge in [-0.2, -0.15) is 5.10 Å². The molecular formula is C19H18N4O3. The molecule has 132 valence electrons. The van der Waals surface area contributed by atoms with Crippen molar-refractivity contribution >= 4 is 28.4 Å². The number of carbonyl (C=O) groups excluding carboxylic acids is 2. The molecule has 0 aliphatic carbocycles. The standard InChI is InChI=1S/C19H18N4O3/c1-11(13-4-5-17-16(8-13)22-19(25)10-26-17)21-18(24)7-12-2-3-14-9-20-23-15(14)6-12/h2-6,8-9,11H,7,10H2,1H3,(H,20,23)(H,21,24)(H,22,25).